The second-order valence-electron chi connectivity index (χ2n) is 12.4. The van der Waals surface area contributed by atoms with Crippen LogP contribution in [0.5, 0.6) is 0 Å². The number of pyridine rings is 1. The SMILES string of the molecule is Cn1cc(-c2c3c4c(ncc5c4n(c(=O)n5C)[C@H]4C[C@H](N)[C@@H](C4)OCC(O)Cc4ccc-3cc4)n2S(=O)(=O)c2ccccc2)c(F)n1. The number of aryl methyl sites for hydroxylation is 2. The third kappa shape index (κ3) is 4.50. The summed E-state index contributed by atoms with van der Waals surface area (Å²) in [5.74, 6) is -0.866. The van der Waals surface area contributed by atoms with Gasteiger partial charge in [0.2, 0.25) is 5.95 Å². The molecule has 1 aliphatic carbocycles. The zero-order chi connectivity index (χ0) is 32.8. The maximum absolute atomic E-state index is 15.8. The molecule has 47 heavy (non-hydrogen) atoms. The standard InChI is InChI=1S/C33H32FN7O5S/c1-38-16-23(31(34)37-38)29-27-19-10-8-18(9-11-19)12-21(42)17-46-26-14-20(13-24(26)35)40-30-25(39(2)33(40)43)15-36-32(28(27)30)41(29)47(44,45)22-6-4-3-5-7-22/h3-11,15-16,20-21,24,26,42H,12-14,17,35H2,1-2H3/t20-,21?,24-,26+/m0/s1. The van der Waals surface area contributed by atoms with Gasteiger partial charge in [-0.3, -0.25) is 13.8 Å². The van der Waals surface area contributed by atoms with Gasteiger partial charge in [0, 0.05) is 44.4 Å². The molecular weight excluding hydrogens is 625 g/mol. The summed E-state index contributed by atoms with van der Waals surface area (Å²) in [5.41, 5.74) is 8.93. The number of hydrogen-bond acceptors (Lipinski definition) is 8. The van der Waals surface area contributed by atoms with Crippen LogP contribution in [0.3, 0.4) is 0 Å². The largest absolute Gasteiger partial charge is 0.390 e. The van der Waals surface area contributed by atoms with E-state index in [0.29, 0.717) is 46.8 Å². The normalized spacial score (nSPS) is 21.6. The number of ether oxygens (including phenoxy) is 1. The summed E-state index contributed by atoms with van der Waals surface area (Å²) < 4.78 is 56.7. The molecule has 6 aromatic rings. The molecule has 242 valence electrons. The van der Waals surface area contributed by atoms with Crippen LogP contribution in [-0.4, -0.2) is 66.3 Å². The molecule has 1 fully saturated rings. The Bertz CT molecular complexity index is 2360. The predicted octanol–water partition coefficient (Wildman–Crippen LogP) is 3.10. The molecule has 1 saturated carbocycles. The van der Waals surface area contributed by atoms with Crippen molar-refractivity contribution in [2.45, 2.75) is 48.4 Å². The lowest BCUT2D eigenvalue weighted by Crippen LogP contribution is -2.34. The summed E-state index contributed by atoms with van der Waals surface area (Å²) >= 11 is 0. The first kappa shape index (κ1) is 29.8. The molecule has 0 saturated heterocycles. The van der Waals surface area contributed by atoms with E-state index in [1.54, 1.807) is 49.0 Å². The van der Waals surface area contributed by atoms with Crippen molar-refractivity contribution >= 4 is 32.1 Å². The number of rotatable bonds is 3. The van der Waals surface area contributed by atoms with Crippen molar-refractivity contribution in [3.63, 3.8) is 0 Å². The van der Waals surface area contributed by atoms with E-state index in [2.05, 4.69) is 5.10 Å². The molecular formula is C33H32FN7O5S. The zero-order valence-corrected chi connectivity index (χ0v) is 26.4. The number of aliphatic hydroxyl groups is 1. The average Bonchev–Trinajstić information content (AvgIpc) is 3.77. The van der Waals surface area contributed by atoms with Crippen LogP contribution in [0.2, 0.25) is 0 Å². The van der Waals surface area contributed by atoms with E-state index in [4.69, 9.17) is 15.5 Å². The van der Waals surface area contributed by atoms with Crippen molar-refractivity contribution in [2.24, 2.45) is 19.8 Å². The number of nitrogens with two attached hydrogens (primary N) is 1. The van der Waals surface area contributed by atoms with Gasteiger partial charge in [-0.15, -0.1) is 5.10 Å². The monoisotopic (exact) mass is 657 g/mol. The van der Waals surface area contributed by atoms with Crippen molar-refractivity contribution in [1.82, 2.24) is 27.9 Å². The van der Waals surface area contributed by atoms with E-state index in [-0.39, 0.29) is 34.1 Å². The third-order valence-corrected chi connectivity index (χ3v) is 11.1. The van der Waals surface area contributed by atoms with E-state index >= 15 is 4.39 Å². The second-order valence-corrected chi connectivity index (χ2v) is 14.2. The molecule has 4 atom stereocenters. The molecule has 1 unspecified atom stereocenters. The van der Waals surface area contributed by atoms with Crippen LogP contribution in [0.15, 0.2) is 76.7 Å². The Labute approximate surface area is 268 Å². The first-order chi connectivity index (χ1) is 22.5. The number of fused-ring (bicyclic) bond motifs is 5. The fourth-order valence-corrected chi connectivity index (χ4v) is 8.75. The number of halogens is 1. The van der Waals surface area contributed by atoms with Gasteiger partial charge in [0.1, 0.15) is 0 Å². The van der Waals surface area contributed by atoms with Crippen LogP contribution >= 0.6 is 0 Å². The number of hydrogen-bond donors (Lipinski definition) is 2. The van der Waals surface area contributed by atoms with Crippen LogP contribution in [0.4, 0.5) is 4.39 Å². The first-order valence-corrected chi connectivity index (χ1v) is 16.8. The third-order valence-electron chi connectivity index (χ3n) is 9.42. The lowest BCUT2D eigenvalue weighted by Gasteiger charge is -2.19. The molecule has 9 rings (SSSR count). The Morgan fingerprint density at radius 2 is 1.81 bits per heavy atom. The topological polar surface area (TPSA) is 152 Å². The van der Waals surface area contributed by atoms with Gasteiger partial charge in [0.05, 0.1) is 57.6 Å². The minimum absolute atomic E-state index is 0.0189. The summed E-state index contributed by atoms with van der Waals surface area (Å²) in [7, 11) is -1.20. The van der Waals surface area contributed by atoms with Gasteiger partial charge in [-0.2, -0.15) is 4.39 Å². The molecule has 2 aliphatic heterocycles. The lowest BCUT2D eigenvalue weighted by atomic mass is 9.97. The number of imidazole rings is 1. The van der Waals surface area contributed by atoms with Crippen molar-refractivity contribution in [1.29, 1.82) is 0 Å². The van der Waals surface area contributed by atoms with E-state index in [1.165, 1.54) is 33.8 Å². The molecule has 0 amide bonds. The van der Waals surface area contributed by atoms with Gasteiger partial charge in [0.15, 0.2) is 5.65 Å². The second kappa shape index (κ2) is 10.7. The molecule has 4 aromatic heterocycles. The molecule has 4 bridgehead atoms. The van der Waals surface area contributed by atoms with Crippen LogP contribution in [0.25, 0.3) is 44.5 Å². The summed E-state index contributed by atoms with van der Waals surface area (Å²) in [5, 5.41) is 15.1. The highest BCUT2D eigenvalue weighted by Crippen LogP contribution is 2.46. The van der Waals surface area contributed by atoms with E-state index in [0.717, 1.165) is 9.54 Å². The average molecular weight is 658 g/mol. The lowest BCUT2D eigenvalue weighted by molar-refractivity contribution is -0.0127. The number of benzene rings is 2. The molecule has 2 aromatic carbocycles. The fraction of sp³-hybridized carbons (Fsp3) is 0.303. The van der Waals surface area contributed by atoms with E-state index < -0.39 is 40.3 Å². The first-order valence-electron chi connectivity index (χ1n) is 15.3. The Kier molecular flexibility index (Phi) is 6.77. The maximum atomic E-state index is 15.8. The van der Waals surface area contributed by atoms with E-state index in [9.17, 15) is 18.3 Å². The Morgan fingerprint density at radius 3 is 2.51 bits per heavy atom. The molecule has 0 radical (unpaired) electrons. The number of aliphatic hydroxyl groups excluding tert-OH is 1. The quantitative estimate of drug-likeness (QED) is 0.295. The van der Waals surface area contributed by atoms with Crippen LogP contribution in [0, 0.1) is 5.95 Å². The summed E-state index contributed by atoms with van der Waals surface area (Å²) in [4.78, 5) is 18.7. The Balaban J connectivity index is 1.59. The van der Waals surface area contributed by atoms with Crippen LogP contribution < -0.4 is 11.4 Å². The molecule has 14 heteroatoms. The Hall–Kier alpha value is -4.63. The Morgan fingerprint density at radius 1 is 1.06 bits per heavy atom. The highest BCUT2D eigenvalue weighted by Gasteiger charge is 2.39. The molecule has 3 N–H and O–H groups in total. The van der Waals surface area contributed by atoms with Gasteiger partial charge >= 0.3 is 5.69 Å². The summed E-state index contributed by atoms with van der Waals surface area (Å²) in [6, 6.07) is 14.4. The van der Waals surface area contributed by atoms with Crippen LogP contribution in [0.1, 0.15) is 24.4 Å². The van der Waals surface area contributed by atoms with Crippen molar-refractivity contribution in [3.05, 3.63) is 89.0 Å². The molecule has 0 spiro atoms. The van der Waals surface area contributed by atoms with Crippen molar-refractivity contribution in [2.75, 3.05) is 6.61 Å². The highest BCUT2D eigenvalue weighted by molar-refractivity contribution is 7.90. The molecule has 3 aliphatic rings. The highest BCUT2D eigenvalue weighted by atomic mass is 32.2. The van der Waals surface area contributed by atoms with Crippen LogP contribution in [-0.2, 0) is 35.3 Å². The smallest absolute Gasteiger partial charge is 0.329 e. The van der Waals surface area contributed by atoms with Crippen molar-refractivity contribution in [3.8, 4) is 22.4 Å². The molecule has 12 nitrogen and oxygen atoms in total. The molecule has 6 heterocycles. The zero-order valence-electron chi connectivity index (χ0n) is 25.6. The van der Waals surface area contributed by atoms with Gasteiger partial charge < -0.3 is 15.6 Å². The minimum atomic E-state index is -4.39. The van der Waals surface area contributed by atoms with Crippen molar-refractivity contribution < 1.29 is 22.7 Å². The fourth-order valence-electron chi connectivity index (χ4n) is 7.24. The predicted molar refractivity (Wildman–Crippen MR) is 173 cm³/mol. The van der Waals surface area contributed by atoms with Gasteiger partial charge in [-0.05, 0) is 36.1 Å². The summed E-state index contributed by atoms with van der Waals surface area (Å²) in [6.07, 6.45) is 2.84. The number of aromatic nitrogens is 6. The van der Waals surface area contributed by atoms with Gasteiger partial charge in [-0.25, -0.2) is 22.2 Å². The van der Waals surface area contributed by atoms with Gasteiger partial charge in [0.25, 0.3) is 10.0 Å². The minimum Gasteiger partial charge on any atom is -0.390 e. The van der Waals surface area contributed by atoms with E-state index in [1.807, 2.05) is 12.1 Å². The maximum Gasteiger partial charge on any atom is 0.329 e. The van der Waals surface area contributed by atoms with Gasteiger partial charge in [-0.1, -0.05) is 42.5 Å². The number of nitrogens with zero attached hydrogens (tertiary/aromatic N) is 6. The summed E-state index contributed by atoms with van der Waals surface area (Å²) in [6.45, 7) is 0.0818.